The summed E-state index contributed by atoms with van der Waals surface area (Å²) >= 11 is 0. The molecule has 0 radical (unpaired) electrons. The van der Waals surface area contributed by atoms with Gasteiger partial charge in [0.2, 0.25) is 5.91 Å². The van der Waals surface area contributed by atoms with E-state index in [1.807, 2.05) is 24.8 Å². The number of carbonyl (C=O) groups is 3. The molecule has 8 nitrogen and oxygen atoms in total. The number of hydrogen-bond donors (Lipinski definition) is 2. The molecule has 1 saturated heterocycles. The second kappa shape index (κ2) is 9.27. The molecule has 0 aliphatic carbocycles. The van der Waals surface area contributed by atoms with Gasteiger partial charge in [-0.25, -0.2) is 9.97 Å². The monoisotopic (exact) mass is 395 g/mol. The molecule has 1 fully saturated rings. The molecule has 3 amide bonds. The molecule has 1 aliphatic rings. The van der Waals surface area contributed by atoms with Crippen LogP contribution in [0.15, 0.2) is 36.7 Å². The summed E-state index contributed by atoms with van der Waals surface area (Å²) in [6, 6.07) is 7.10. The smallest absolute Gasteiger partial charge is 0.273 e. The Hall–Kier alpha value is -3.29. The molecule has 0 saturated carbocycles. The van der Waals surface area contributed by atoms with E-state index in [0.717, 1.165) is 5.56 Å². The van der Waals surface area contributed by atoms with Gasteiger partial charge in [0.1, 0.15) is 0 Å². The molecule has 29 heavy (non-hydrogen) atoms. The zero-order valence-electron chi connectivity index (χ0n) is 16.6. The van der Waals surface area contributed by atoms with Crippen molar-refractivity contribution in [1.29, 1.82) is 0 Å². The van der Waals surface area contributed by atoms with Gasteiger partial charge in [0.05, 0.1) is 0 Å². The fourth-order valence-corrected chi connectivity index (χ4v) is 3.31. The predicted octanol–water partition coefficient (Wildman–Crippen LogP) is 2.17. The summed E-state index contributed by atoms with van der Waals surface area (Å²) in [5, 5.41) is 5.62. The van der Waals surface area contributed by atoms with Crippen molar-refractivity contribution in [2.24, 2.45) is 0 Å². The van der Waals surface area contributed by atoms with E-state index in [-0.39, 0.29) is 29.4 Å². The van der Waals surface area contributed by atoms with Crippen LogP contribution in [0.2, 0.25) is 0 Å². The Bertz CT molecular complexity index is 907. The van der Waals surface area contributed by atoms with Gasteiger partial charge in [-0.15, -0.1) is 0 Å². The molecule has 3 rings (SSSR count). The van der Waals surface area contributed by atoms with Crippen molar-refractivity contribution >= 4 is 23.5 Å². The summed E-state index contributed by atoms with van der Waals surface area (Å²) in [5.41, 5.74) is 1.51. The van der Waals surface area contributed by atoms with Crippen molar-refractivity contribution in [2.45, 2.75) is 39.2 Å². The van der Waals surface area contributed by atoms with E-state index in [0.29, 0.717) is 37.9 Å². The highest BCUT2D eigenvalue weighted by Crippen LogP contribution is 2.15. The number of likely N-dealkylation sites (tertiary alicyclic amines) is 1. The van der Waals surface area contributed by atoms with E-state index in [9.17, 15) is 14.4 Å². The van der Waals surface area contributed by atoms with Crippen LogP contribution in [0.4, 0.5) is 5.82 Å². The van der Waals surface area contributed by atoms with Gasteiger partial charge in [-0.2, -0.15) is 0 Å². The van der Waals surface area contributed by atoms with Crippen molar-refractivity contribution in [3.05, 3.63) is 53.5 Å². The number of aromatic nitrogens is 2. The molecule has 2 aromatic rings. The average Bonchev–Trinajstić information content (AvgIpc) is 2.74. The van der Waals surface area contributed by atoms with Crippen LogP contribution in [0.25, 0.3) is 0 Å². The van der Waals surface area contributed by atoms with Gasteiger partial charge in [-0.1, -0.05) is 24.6 Å². The SMILES string of the molecule is CCC(=O)N1CCC(NC(=O)c2nccnc2NC(=O)c2cccc(C)c2)CC1. The summed E-state index contributed by atoms with van der Waals surface area (Å²) in [6.07, 6.45) is 4.70. The van der Waals surface area contributed by atoms with E-state index in [4.69, 9.17) is 0 Å². The molecule has 152 valence electrons. The number of hydrogen-bond acceptors (Lipinski definition) is 5. The first kappa shape index (κ1) is 20.4. The largest absolute Gasteiger partial charge is 0.348 e. The molecule has 2 N–H and O–H groups in total. The van der Waals surface area contributed by atoms with Crippen molar-refractivity contribution < 1.29 is 14.4 Å². The number of amides is 3. The van der Waals surface area contributed by atoms with E-state index in [1.54, 1.807) is 18.2 Å². The fourth-order valence-electron chi connectivity index (χ4n) is 3.31. The number of nitrogens with one attached hydrogen (secondary N) is 2. The van der Waals surface area contributed by atoms with Crippen LogP contribution < -0.4 is 10.6 Å². The van der Waals surface area contributed by atoms with Gasteiger partial charge in [0, 0.05) is 43.5 Å². The summed E-state index contributed by atoms with van der Waals surface area (Å²) in [6.45, 7) is 4.98. The maximum Gasteiger partial charge on any atom is 0.273 e. The Morgan fingerprint density at radius 3 is 2.52 bits per heavy atom. The van der Waals surface area contributed by atoms with Gasteiger partial charge in [0.25, 0.3) is 11.8 Å². The minimum atomic E-state index is -0.391. The number of carbonyl (C=O) groups excluding carboxylic acids is 3. The Labute approximate surface area is 169 Å². The van der Waals surface area contributed by atoms with Crippen molar-refractivity contribution in [1.82, 2.24) is 20.2 Å². The summed E-state index contributed by atoms with van der Waals surface area (Å²) in [4.78, 5) is 47.1. The molecule has 1 aromatic carbocycles. The number of rotatable bonds is 5. The maximum absolute atomic E-state index is 12.7. The number of benzene rings is 1. The van der Waals surface area contributed by atoms with Crippen LogP contribution >= 0.6 is 0 Å². The summed E-state index contributed by atoms with van der Waals surface area (Å²) < 4.78 is 0. The lowest BCUT2D eigenvalue weighted by Gasteiger charge is -2.32. The fraction of sp³-hybridized carbons (Fsp3) is 0.381. The van der Waals surface area contributed by atoms with Crippen molar-refractivity contribution in [3.63, 3.8) is 0 Å². The average molecular weight is 395 g/mol. The molecule has 0 bridgehead atoms. The summed E-state index contributed by atoms with van der Waals surface area (Å²) in [7, 11) is 0. The molecular formula is C21H25N5O3. The Kier molecular flexibility index (Phi) is 6.54. The maximum atomic E-state index is 12.7. The number of anilines is 1. The quantitative estimate of drug-likeness (QED) is 0.807. The standard InChI is InChI=1S/C21H25N5O3/c1-3-17(27)26-11-7-16(8-12-26)24-21(29)18-19(23-10-9-22-18)25-20(28)15-6-4-5-14(2)13-15/h4-6,9-10,13,16H,3,7-8,11-12H2,1-2H3,(H,24,29)(H,23,25,28). The second-order valence-corrected chi connectivity index (χ2v) is 7.06. The van der Waals surface area contributed by atoms with Gasteiger partial charge in [0.15, 0.2) is 11.5 Å². The van der Waals surface area contributed by atoms with Crippen molar-refractivity contribution in [2.75, 3.05) is 18.4 Å². The topological polar surface area (TPSA) is 104 Å². The van der Waals surface area contributed by atoms with E-state index < -0.39 is 5.91 Å². The predicted molar refractivity (Wildman–Crippen MR) is 109 cm³/mol. The molecule has 0 atom stereocenters. The molecule has 1 aromatic heterocycles. The Morgan fingerprint density at radius 2 is 1.83 bits per heavy atom. The normalized spacial score (nSPS) is 14.3. The number of aryl methyl sites for hydroxylation is 1. The third-order valence-electron chi connectivity index (χ3n) is 4.91. The molecule has 8 heteroatoms. The van der Waals surface area contributed by atoms with Crippen LogP contribution in [0.5, 0.6) is 0 Å². The van der Waals surface area contributed by atoms with Crippen LogP contribution in [-0.4, -0.2) is 51.7 Å². The lowest BCUT2D eigenvalue weighted by Crippen LogP contribution is -2.46. The first-order valence-corrected chi connectivity index (χ1v) is 9.75. The lowest BCUT2D eigenvalue weighted by molar-refractivity contribution is -0.131. The molecule has 0 unspecified atom stereocenters. The molecule has 2 heterocycles. The first-order chi connectivity index (χ1) is 14.0. The Morgan fingerprint density at radius 1 is 1.10 bits per heavy atom. The van der Waals surface area contributed by atoms with Crippen LogP contribution in [0.3, 0.4) is 0 Å². The van der Waals surface area contributed by atoms with E-state index in [1.165, 1.54) is 12.4 Å². The zero-order chi connectivity index (χ0) is 20.8. The third-order valence-corrected chi connectivity index (χ3v) is 4.91. The van der Waals surface area contributed by atoms with Gasteiger partial charge < -0.3 is 15.5 Å². The lowest BCUT2D eigenvalue weighted by atomic mass is 10.0. The van der Waals surface area contributed by atoms with Crippen LogP contribution in [0.1, 0.15) is 52.6 Å². The highest BCUT2D eigenvalue weighted by atomic mass is 16.2. The molecular weight excluding hydrogens is 370 g/mol. The second-order valence-electron chi connectivity index (χ2n) is 7.06. The van der Waals surface area contributed by atoms with E-state index >= 15 is 0 Å². The van der Waals surface area contributed by atoms with Gasteiger partial charge in [-0.3, -0.25) is 14.4 Å². The van der Waals surface area contributed by atoms with E-state index in [2.05, 4.69) is 20.6 Å². The van der Waals surface area contributed by atoms with Crippen LogP contribution in [0, 0.1) is 6.92 Å². The number of piperidine rings is 1. The third kappa shape index (κ3) is 5.16. The highest BCUT2D eigenvalue weighted by Gasteiger charge is 2.25. The number of nitrogens with zero attached hydrogens (tertiary/aromatic N) is 3. The zero-order valence-corrected chi connectivity index (χ0v) is 16.6. The van der Waals surface area contributed by atoms with Gasteiger partial charge >= 0.3 is 0 Å². The first-order valence-electron chi connectivity index (χ1n) is 9.75. The van der Waals surface area contributed by atoms with Crippen molar-refractivity contribution in [3.8, 4) is 0 Å². The minimum absolute atomic E-state index is 0.0502. The molecule has 0 spiro atoms. The Balaban J connectivity index is 1.65. The molecule has 1 aliphatic heterocycles. The highest BCUT2D eigenvalue weighted by molar-refractivity contribution is 6.07. The van der Waals surface area contributed by atoms with Gasteiger partial charge in [-0.05, 0) is 31.9 Å². The minimum Gasteiger partial charge on any atom is -0.348 e. The summed E-state index contributed by atoms with van der Waals surface area (Å²) in [5.74, 6) is -0.493. The van der Waals surface area contributed by atoms with Crippen LogP contribution in [-0.2, 0) is 4.79 Å².